The number of esters is 1. The third-order valence-corrected chi connectivity index (χ3v) is 8.32. The van der Waals surface area contributed by atoms with Crippen LogP contribution in [0.25, 0.3) is 5.65 Å². The van der Waals surface area contributed by atoms with E-state index in [1.54, 1.807) is 4.52 Å². The quantitative estimate of drug-likeness (QED) is 0.172. The van der Waals surface area contributed by atoms with Gasteiger partial charge in [-0.1, -0.05) is 60.7 Å². The summed E-state index contributed by atoms with van der Waals surface area (Å²) >= 11 is 0. The molecule has 2 aromatic heterocycles. The van der Waals surface area contributed by atoms with Crippen molar-refractivity contribution in [1.82, 2.24) is 19.5 Å². The first-order chi connectivity index (χ1) is 20.5. The van der Waals surface area contributed by atoms with Crippen molar-refractivity contribution in [2.24, 2.45) is 0 Å². The van der Waals surface area contributed by atoms with Gasteiger partial charge in [0.05, 0.1) is 24.1 Å². The van der Waals surface area contributed by atoms with Gasteiger partial charge in [-0.25, -0.2) is 9.50 Å². The number of aromatic nitrogens is 3. The molecule has 220 valence electrons. The number of carbonyl (C=O) groups is 1. The first kappa shape index (κ1) is 28.4. The lowest BCUT2D eigenvalue weighted by molar-refractivity contribution is -0.150. The van der Waals surface area contributed by atoms with E-state index < -0.39 is 5.41 Å². The highest BCUT2D eigenvalue weighted by molar-refractivity contribution is 5.86. The largest absolute Gasteiger partial charge is 0.462 e. The molecule has 0 amide bonds. The van der Waals surface area contributed by atoms with E-state index >= 15 is 0 Å². The topological polar surface area (TPSA) is 81.0 Å². The van der Waals surface area contributed by atoms with E-state index in [0.29, 0.717) is 0 Å². The molecule has 6 rings (SSSR count). The van der Waals surface area contributed by atoms with Crippen molar-refractivity contribution in [3.8, 4) is 0 Å². The number of anilines is 1. The van der Waals surface area contributed by atoms with Gasteiger partial charge in [0.2, 0.25) is 0 Å². The number of nitrogens with one attached hydrogen (secondary N) is 1. The highest BCUT2D eigenvalue weighted by Gasteiger charge is 2.55. The molecule has 1 saturated carbocycles. The Morgan fingerprint density at radius 3 is 2.26 bits per heavy atom. The summed E-state index contributed by atoms with van der Waals surface area (Å²) in [6, 6.07) is 25.0. The van der Waals surface area contributed by atoms with Gasteiger partial charge < -0.3 is 19.7 Å². The van der Waals surface area contributed by atoms with Crippen molar-refractivity contribution in [3.05, 3.63) is 95.8 Å². The number of benzene rings is 2. The van der Waals surface area contributed by atoms with Crippen LogP contribution in [-0.2, 0) is 19.7 Å². The molecule has 1 aliphatic carbocycles. The lowest BCUT2D eigenvalue weighted by atomic mass is 10.00. The Kier molecular flexibility index (Phi) is 8.53. The van der Waals surface area contributed by atoms with Crippen LogP contribution in [0.2, 0.25) is 0 Å². The maximum atomic E-state index is 12.7. The first-order valence-corrected chi connectivity index (χ1v) is 15.3. The van der Waals surface area contributed by atoms with E-state index in [4.69, 9.17) is 9.47 Å². The average Bonchev–Trinajstić information content (AvgIpc) is 3.72. The molecule has 1 saturated heterocycles. The fraction of sp³-hybridized carbons (Fsp3) is 0.441. The number of rotatable bonds is 12. The summed E-state index contributed by atoms with van der Waals surface area (Å²) in [6.45, 7) is 7.72. The van der Waals surface area contributed by atoms with Crippen molar-refractivity contribution in [3.63, 3.8) is 0 Å². The molecule has 2 fully saturated rings. The monoisotopic (exact) mass is 567 g/mol. The number of imidazole rings is 1. The average molecular weight is 568 g/mol. The zero-order chi connectivity index (χ0) is 28.9. The second-order valence-corrected chi connectivity index (χ2v) is 11.8. The molecule has 0 atom stereocenters. The maximum Gasteiger partial charge on any atom is 0.318 e. The Labute approximate surface area is 248 Å². The van der Waals surface area contributed by atoms with Crippen LogP contribution in [0.5, 0.6) is 0 Å². The lowest BCUT2D eigenvalue weighted by Crippen LogP contribution is -2.38. The molecule has 1 aliphatic heterocycles. The van der Waals surface area contributed by atoms with Crippen molar-refractivity contribution < 1.29 is 14.3 Å². The number of ether oxygens (including phenoxy) is 2. The summed E-state index contributed by atoms with van der Waals surface area (Å²) in [5.41, 5.74) is 3.30. The minimum absolute atomic E-state index is 0.0340. The summed E-state index contributed by atoms with van der Waals surface area (Å²) in [6.07, 6.45) is 6.62. The second kappa shape index (κ2) is 12.6. The molecule has 0 radical (unpaired) electrons. The van der Waals surface area contributed by atoms with Crippen LogP contribution in [0.4, 0.5) is 5.82 Å². The van der Waals surface area contributed by atoms with E-state index in [-0.39, 0.29) is 24.3 Å². The molecule has 2 aromatic carbocycles. The van der Waals surface area contributed by atoms with Gasteiger partial charge in [-0.2, -0.15) is 0 Å². The van der Waals surface area contributed by atoms with Crippen LogP contribution in [-0.4, -0.2) is 63.9 Å². The van der Waals surface area contributed by atoms with Crippen molar-refractivity contribution in [1.29, 1.82) is 0 Å². The predicted octanol–water partition coefficient (Wildman–Crippen LogP) is 5.79. The molecule has 42 heavy (non-hydrogen) atoms. The summed E-state index contributed by atoms with van der Waals surface area (Å²) in [5.74, 6) is 0.628. The molecule has 1 N–H and O–H groups in total. The molecule has 8 nitrogen and oxygen atoms in total. The van der Waals surface area contributed by atoms with Gasteiger partial charge in [0.1, 0.15) is 17.3 Å². The summed E-state index contributed by atoms with van der Waals surface area (Å²) in [4.78, 5) is 19.9. The standard InChI is InChI=1S/C34H41N5O3/c1-25(2)41-33(40)34(18-19-34)29-24-39-31(36-29)15-14-30(37-39)35-20-9-21-38-22-16-28(17-23-38)42-32(26-10-5-3-6-11-26)27-12-7-4-8-13-27/h3-8,10-15,24-25,28,32H,9,16-23H2,1-2H3,(H,35,37). The van der Waals surface area contributed by atoms with Gasteiger partial charge >= 0.3 is 5.97 Å². The van der Waals surface area contributed by atoms with Gasteiger partial charge in [0.15, 0.2) is 5.65 Å². The number of nitrogens with zero attached hydrogens (tertiary/aromatic N) is 4. The Morgan fingerprint density at radius 2 is 1.64 bits per heavy atom. The molecule has 0 bridgehead atoms. The fourth-order valence-electron chi connectivity index (χ4n) is 5.81. The van der Waals surface area contributed by atoms with E-state index in [0.717, 1.165) is 75.4 Å². The third-order valence-electron chi connectivity index (χ3n) is 8.32. The maximum absolute atomic E-state index is 12.7. The fourth-order valence-corrected chi connectivity index (χ4v) is 5.81. The molecule has 4 aromatic rings. The summed E-state index contributed by atoms with van der Waals surface area (Å²) in [5, 5.41) is 8.15. The van der Waals surface area contributed by atoms with E-state index in [1.807, 2.05) is 32.2 Å². The molecule has 8 heteroatoms. The minimum Gasteiger partial charge on any atom is -0.462 e. The van der Waals surface area contributed by atoms with Crippen LogP contribution in [0.15, 0.2) is 79.0 Å². The van der Waals surface area contributed by atoms with Gasteiger partial charge in [0.25, 0.3) is 0 Å². The van der Waals surface area contributed by atoms with Crippen LogP contribution >= 0.6 is 0 Å². The number of likely N-dealkylation sites (tertiary alicyclic amines) is 1. The molecule has 0 unspecified atom stereocenters. The summed E-state index contributed by atoms with van der Waals surface area (Å²) < 4.78 is 14.0. The molecular weight excluding hydrogens is 526 g/mol. The van der Waals surface area contributed by atoms with Crippen molar-refractivity contribution >= 4 is 17.4 Å². The number of hydrogen-bond donors (Lipinski definition) is 1. The first-order valence-electron chi connectivity index (χ1n) is 15.3. The van der Waals surface area contributed by atoms with Crippen LogP contribution in [0, 0.1) is 0 Å². The Morgan fingerprint density at radius 1 is 0.976 bits per heavy atom. The van der Waals surface area contributed by atoms with E-state index in [9.17, 15) is 4.79 Å². The zero-order valence-corrected chi connectivity index (χ0v) is 24.6. The van der Waals surface area contributed by atoms with Crippen molar-refractivity contribution in [2.45, 2.75) is 69.7 Å². The zero-order valence-electron chi connectivity index (χ0n) is 24.6. The van der Waals surface area contributed by atoms with Crippen molar-refractivity contribution in [2.75, 3.05) is 31.5 Å². The number of piperidine rings is 1. The van der Waals surface area contributed by atoms with Gasteiger partial charge in [0, 0.05) is 19.6 Å². The predicted molar refractivity (Wildman–Crippen MR) is 164 cm³/mol. The summed E-state index contributed by atoms with van der Waals surface area (Å²) in [7, 11) is 0. The number of fused-ring (bicyclic) bond motifs is 1. The Bertz CT molecular complexity index is 1420. The SMILES string of the molecule is CC(C)OC(=O)C1(c2cn3nc(NCCCN4CCC(OC(c5ccccc5)c5ccccc5)CC4)ccc3n2)CC1. The lowest BCUT2D eigenvalue weighted by Gasteiger charge is -2.34. The molecule has 2 aliphatic rings. The van der Waals surface area contributed by atoms with Gasteiger partial charge in [-0.3, -0.25) is 4.79 Å². The number of hydrogen-bond acceptors (Lipinski definition) is 7. The highest BCUT2D eigenvalue weighted by Crippen LogP contribution is 2.49. The van der Waals surface area contributed by atoms with E-state index in [1.165, 1.54) is 11.1 Å². The van der Waals surface area contributed by atoms with E-state index in [2.05, 4.69) is 81.0 Å². The smallest absolute Gasteiger partial charge is 0.318 e. The molecule has 3 heterocycles. The van der Waals surface area contributed by atoms with Crippen LogP contribution < -0.4 is 5.32 Å². The third kappa shape index (κ3) is 6.50. The molecule has 0 spiro atoms. The van der Waals surface area contributed by atoms with Crippen LogP contribution in [0.1, 0.15) is 68.9 Å². The second-order valence-electron chi connectivity index (χ2n) is 11.8. The normalized spacial score (nSPS) is 17.1. The Balaban J connectivity index is 0.964. The Hall–Kier alpha value is -3.75. The minimum atomic E-state index is -0.603. The number of carbonyl (C=O) groups excluding carboxylic acids is 1. The highest BCUT2D eigenvalue weighted by atomic mass is 16.5. The van der Waals surface area contributed by atoms with Gasteiger partial charge in [-0.05, 0) is 75.8 Å². The van der Waals surface area contributed by atoms with Crippen LogP contribution in [0.3, 0.4) is 0 Å². The van der Waals surface area contributed by atoms with Gasteiger partial charge in [-0.15, -0.1) is 5.10 Å². The molecular formula is C34H41N5O3.